The lowest BCUT2D eigenvalue weighted by molar-refractivity contribution is -0.00700. The molecule has 3 nitrogen and oxygen atoms in total. The summed E-state index contributed by atoms with van der Waals surface area (Å²) < 4.78 is 5.77. The van der Waals surface area contributed by atoms with Gasteiger partial charge in [0.1, 0.15) is 0 Å². The van der Waals surface area contributed by atoms with Crippen LogP contribution in [0, 0.1) is 18.3 Å². The molecule has 0 spiro atoms. The van der Waals surface area contributed by atoms with Crippen LogP contribution in [-0.2, 0) is 11.2 Å². The Morgan fingerprint density at radius 1 is 1.53 bits per heavy atom. The third-order valence-corrected chi connectivity index (χ3v) is 4.59. The topological polar surface area (TPSA) is 34.2 Å². The molecule has 108 valence electrons. The molecule has 0 aromatic carbocycles. The number of aryl methyl sites for hydroxylation is 1. The lowest BCUT2D eigenvalue weighted by atomic mass is 9.79. The Hall–Kier alpha value is -0.450. The highest BCUT2D eigenvalue weighted by Crippen LogP contribution is 2.33. The van der Waals surface area contributed by atoms with Crippen LogP contribution in [0.4, 0.5) is 0 Å². The maximum absolute atomic E-state index is 5.77. The second-order valence-corrected chi connectivity index (χ2v) is 7.52. The minimum atomic E-state index is 0.270. The summed E-state index contributed by atoms with van der Waals surface area (Å²) in [6, 6.07) is 0. The van der Waals surface area contributed by atoms with E-state index in [1.54, 1.807) is 0 Å². The standard InChI is InChI=1S/C15H26N2OS/c1-12(2)8-16-10-15(5-4-6-18-11-15)7-14-9-17-13(3)19-14/h9,12,16H,4-8,10-11H2,1-3H3. The largest absolute Gasteiger partial charge is 0.381 e. The molecule has 1 aliphatic heterocycles. The first-order valence-electron chi connectivity index (χ1n) is 7.29. The smallest absolute Gasteiger partial charge is 0.0896 e. The van der Waals surface area contributed by atoms with Gasteiger partial charge in [-0.2, -0.15) is 0 Å². The second-order valence-electron chi connectivity index (χ2n) is 6.20. The molecule has 0 bridgehead atoms. The van der Waals surface area contributed by atoms with Gasteiger partial charge in [0.2, 0.25) is 0 Å². The molecule has 1 aromatic rings. The molecular weight excluding hydrogens is 256 g/mol. The van der Waals surface area contributed by atoms with Crippen LogP contribution >= 0.6 is 11.3 Å². The van der Waals surface area contributed by atoms with Gasteiger partial charge in [-0.25, -0.2) is 4.98 Å². The number of nitrogens with zero attached hydrogens (tertiary/aromatic N) is 1. The van der Waals surface area contributed by atoms with Crippen molar-refractivity contribution in [2.45, 2.75) is 40.0 Å². The first-order chi connectivity index (χ1) is 9.10. The van der Waals surface area contributed by atoms with Crippen LogP contribution in [0.1, 0.15) is 36.6 Å². The van der Waals surface area contributed by atoms with Crippen LogP contribution in [0.15, 0.2) is 6.20 Å². The van der Waals surface area contributed by atoms with Gasteiger partial charge >= 0.3 is 0 Å². The first-order valence-corrected chi connectivity index (χ1v) is 8.11. The molecule has 1 aromatic heterocycles. The molecule has 4 heteroatoms. The van der Waals surface area contributed by atoms with E-state index in [1.165, 1.54) is 17.7 Å². The summed E-state index contributed by atoms with van der Waals surface area (Å²) in [5.41, 5.74) is 0.270. The Morgan fingerprint density at radius 2 is 2.37 bits per heavy atom. The highest BCUT2D eigenvalue weighted by atomic mass is 32.1. The maximum Gasteiger partial charge on any atom is 0.0896 e. The number of hydrogen-bond acceptors (Lipinski definition) is 4. The Bertz CT molecular complexity index is 383. The zero-order valence-corrected chi connectivity index (χ0v) is 13.2. The van der Waals surface area contributed by atoms with Gasteiger partial charge in [-0.05, 0) is 38.6 Å². The Kier molecular flexibility index (Phi) is 5.37. The van der Waals surface area contributed by atoms with Gasteiger partial charge in [-0.3, -0.25) is 0 Å². The molecule has 1 aliphatic rings. The van der Waals surface area contributed by atoms with Gasteiger partial charge in [-0.1, -0.05) is 13.8 Å². The number of thiazole rings is 1. The number of rotatable bonds is 6. The van der Waals surface area contributed by atoms with Gasteiger partial charge < -0.3 is 10.1 Å². The summed E-state index contributed by atoms with van der Waals surface area (Å²) in [6.07, 6.45) is 5.58. The fourth-order valence-corrected chi connectivity index (χ4v) is 3.70. The molecule has 2 rings (SSSR count). The van der Waals surface area contributed by atoms with E-state index in [0.717, 1.165) is 37.7 Å². The summed E-state index contributed by atoms with van der Waals surface area (Å²) >= 11 is 1.83. The van der Waals surface area contributed by atoms with Crippen LogP contribution in [0.25, 0.3) is 0 Å². The average Bonchev–Trinajstić information content (AvgIpc) is 2.75. The third-order valence-electron chi connectivity index (χ3n) is 3.67. The van der Waals surface area contributed by atoms with Crippen LogP contribution in [0.2, 0.25) is 0 Å². The average molecular weight is 282 g/mol. The zero-order valence-electron chi connectivity index (χ0n) is 12.4. The Labute approximate surface area is 120 Å². The predicted molar refractivity (Wildman–Crippen MR) is 80.7 cm³/mol. The van der Waals surface area contributed by atoms with Crippen molar-refractivity contribution in [3.8, 4) is 0 Å². The van der Waals surface area contributed by atoms with Crippen molar-refractivity contribution < 1.29 is 4.74 Å². The number of ether oxygens (including phenoxy) is 1. The predicted octanol–water partition coefficient (Wildman–Crippen LogP) is 3.04. The molecule has 1 unspecified atom stereocenters. The molecule has 19 heavy (non-hydrogen) atoms. The van der Waals surface area contributed by atoms with E-state index in [-0.39, 0.29) is 5.41 Å². The van der Waals surface area contributed by atoms with Crippen molar-refractivity contribution in [1.29, 1.82) is 0 Å². The Morgan fingerprint density at radius 3 is 2.95 bits per heavy atom. The van der Waals surface area contributed by atoms with Crippen molar-refractivity contribution in [2.75, 3.05) is 26.3 Å². The molecule has 0 radical (unpaired) electrons. The third kappa shape index (κ3) is 4.55. The molecule has 0 aliphatic carbocycles. The van der Waals surface area contributed by atoms with Crippen molar-refractivity contribution in [1.82, 2.24) is 10.3 Å². The summed E-state index contributed by atoms with van der Waals surface area (Å²) in [4.78, 5) is 5.78. The van der Waals surface area contributed by atoms with E-state index in [0.29, 0.717) is 5.92 Å². The molecule has 1 atom stereocenters. The van der Waals surface area contributed by atoms with E-state index >= 15 is 0 Å². The lowest BCUT2D eigenvalue weighted by Gasteiger charge is -2.37. The monoisotopic (exact) mass is 282 g/mol. The van der Waals surface area contributed by atoms with Crippen molar-refractivity contribution >= 4 is 11.3 Å². The maximum atomic E-state index is 5.77. The molecule has 2 heterocycles. The number of hydrogen-bond donors (Lipinski definition) is 1. The van der Waals surface area contributed by atoms with Gasteiger partial charge in [0, 0.05) is 29.6 Å². The van der Waals surface area contributed by atoms with E-state index < -0.39 is 0 Å². The van der Waals surface area contributed by atoms with Gasteiger partial charge in [-0.15, -0.1) is 11.3 Å². The van der Waals surface area contributed by atoms with Crippen LogP contribution in [0.5, 0.6) is 0 Å². The molecule has 1 saturated heterocycles. The van der Waals surface area contributed by atoms with Crippen molar-refractivity contribution in [3.63, 3.8) is 0 Å². The fraction of sp³-hybridized carbons (Fsp3) is 0.800. The molecule has 0 saturated carbocycles. The van der Waals surface area contributed by atoms with Crippen LogP contribution in [-0.4, -0.2) is 31.3 Å². The number of nitrogens with one attached hydrogen (secondary N) is 1. The quantitative estimate of drug-likeness (QED) is 0.871. The minimum Gasteiger partial charge on any atom is -0.381 e. The highest BCUT2D eigenvalue weighted by molar-refractivity contribution is 7.11. The SMILES string of the molecule is Cc1ncc(CC2(CNCC(C)C)CCCOC2)s1. The van der Waals surface area contributed by atoms with E-state index in [2.05, 4.69) is 31.1 Å². The summed E-state index contributed by atoms with van der Waals surface area (Å²) in [6.45, 7) is 10.5. The fourth-order valence-electron chi connectivity index (χ4n) is 2.73. The lowest BCUT2D eigenvalue weighted by Crippen LogP contribution is -2.43. The van der Waals surface area contributed by atoms with Crippen LogP contribution < -0.4 is 5.32 Å². The normalized spacial score (nSPS) is 24.0. The van der Waals surface area contributed by atoms with Gasteiger partial charge in [0.15, 0.2) is 0 Å². The first kappa shape index (κ1) is 14.9. The van der Waals surface area contributed by atoms with Gasteiger partial charge in [0.25, 0.3) is 0 Å². The zero-order chi connectivity index (χ0) is 13.7. The van der Waals surface area contributed by atoms with E-state index in [9.17, 15) is 0 Å². The molecule has 0 amide bonds. The van der Waals surface area contributed by atoms with Gasteiger partial charge in [0.05, 0.1) is 11.6 Å². The summed E-state index contributed by atoms with van der Waals surface area (Å²) in [7, 11) is 0. The van der Waals surface area contributed by atoms with E-state index in [4.69, 9.17) is 4.74 Å². The van der Waals surface area contributed by atoms with Crippen molar-refractivity contribution in [2.24, 2.45) is 11.3 Å². The van der Waals surface area contributed by atoms with E-state index in [1.807, 2.05) is 17.5 Å². The van der Waals surface area contributed by atoms with Crippen LogP contribution in [0.3, 0.4) is 0 Å². The Balaban J connectivity index is 1.97. The summed E-state index contributed by atoms with van der Waals surface area (Å²) in [5, 5.41) is 4.79. The number of aromatic nitrogens is 1. The molecule has 1 fully saturated rings. The minimum absolute atomic E-state index is 0.270. The highest BCUT2D eigenvalue weighted by Gasteiger charge is 2.33. The second kappa shape index (κ2) is 6.82. The summed E-state index contributed by atoms with van der Waals surface area (Å²) in [5.74, 6) is 0.701. The van der Waals surface area contributed by atoms with Crippen molar-refractivity contribution in [3.05, 3.63) is 16.1 Å². The molecule has 1 N–H and O–H groups in total. The molecular formula is C15H26N2OS.